The van der Waals surface area contributed by atoms with E-state index in [1.54, 1.807) is 36.4 Å². The second kappa shape index (κ2) is 8.26. The summed E-state index contributed by atoms with van der Waals surface area (Å²) in [6, 6.07) is 10.2. The molecule has 130 valence electrons. The van der Waals surface area contributed by atoms with E-state index in [4.69, 9.17) is 50.6 Å². The third kappa shape index (κ3) is 5.51. The average Bonchev–Trinajstić information content (AvgIpc) is 2.46. The lowest BCUT2D eigenvalue weighted by Gasteiger charge is -2.20. The Balaban J connectivity index is 2.39. The summed E-state index contributed by atoms with van der Waals surface area (Å²) in [7, 11) is -3.60. The van der Waals surface area contributed by atoms with Gasteiger partial charge < -0.3 is 0 Å². The molecule has 1 unspecified atom stereocenters. The predicted octanol–water partition coefficient (Wildman–Crippen LogP) is 5.60. The molecule has 0 aliphatic rings. The molecule has 0 amide bonds. The molecular weight excluding hydrogens is 414 g/mol. The van der Waals surface area contributed by atoms with Gasteiger partial charge in [-0.3, -0.25) is 4.18 Å². The zero-order valence-electron chi connectivity index (χ0n) is 12.6. The van der Waals surface area contributed by atoms with E-state index in [0.29, 0.717) is 32.1 Å². The minimum absolute atomic E-state index is 0.0960. The molecule has 2 aromatic rings. The zero-order chi connectivity index (χ0) is 17.9. The first-order valence-corrected chi connectivity index (χ1v) is 10.2. The Bertz CT molecular complexity index is 817. The molecule has 0 saturated heterocycles. The summed E-state index contributed by atoms with van der Waals surface area (Å²) in [6.07, 6.45) is 1.39. The molecule has 24 heavy (non-hydrogen) atoms. The van der Waals surface area contributed by atoms with Crippen LogP contribution in [0, 0.1) is 0 Å². The van der Waals surface area contributed by atoms with E-state index >= 15 is 0 Å². The smallest absolute Gasteiger partial charge is 0.264 e. The summed E-state index contributed by atoms with van der Waals surface area (Å²) >= 11 is 24.7. The highest BCUT2D eigenvalue weighted by atomic mass is 35.5. The van der Waals surface area contributed by atoms with Crippen molar-refractivity contribution in [2.24, 2.45) is 0 Å². The van der Waals surface area contributed by atoms with E-state index in [1.165, 1.54) is 0 Å². The fraction of sp³-hybridized carbons (Fsp3) is 0.250. The lowest BCUT2D eigenvalue weighted by molar-refractivity contribution is 0.293. The van der Waals surface area contributed by atoms with Crippen LogP contribution in [-0.4, -0.2) is 21.3 Å². The lowest BCUT2D eigenvalue weighted by Crippen LogP contribution is -2.15. The van der Waals surface area contributed by atoms with Crippen LogP contribution in [0.3, 0.4) is 0 Å². The Morgan fingerprint density at radius 2 is 1.62 bits per heavy atom. The highest BCUT2D eigenvalue weighted by Gasteiger charge is 2.22. The Hall–Kier alpha value is -0.490. The summed E-state index contributed by atoms with van der Waals surface area (Å²) < 4.78 is 27.7. The largest absolute Gasteiger partial charge is 0.270 e. The Morgan fingerprint density at radius 1 is 1.00 bits per heavy atom. The van der Waals surface area contributed by atoms with Crippen LogP contribution in [0.1, 0.15) is 17.0 Å². The lowest BCUT2D eigenvalue weighted by atomic mass is 9.92. The third-order valence-electron chi connectivity index (χ3n) is 3.37. The van der Waals surface area contributed by atoms with Crippen molar-refractivity contribution in [1.82, 2.24) is 0 Å². The minimum atomic E-state index is -3.60. The van der Waals surface area contributed by atoms with Crippen molar-refractivity contribution < 1.29 is 12.6 Å². The second-order valence-corrected chi connectivity index (χ2v) is 8.56. The van der Waals surface area contributed by atoms with Crippen molar-refractivity contribution in [3.8, 4) is 0 Å². The molecule has 0 fully saturated rings. The Kier molecular flexibility index (Phi) is 6.82. The van der Waals surface area contributed by atoms with Crippen LogP contribution in [0.15, 0.2) is 36.4 Å². The van der Waals surface area contributed by atoms with E-state index < -0.39 is 10.1 Å². The van der Waals surface area contributed by atoms with Crippen molar-refractivity contribution >= 4 is 56.5 Å². The van der Waals surface area contributed by atoms with Crippen molar-refractivity contribution in [1.29, 1.82) is 0 Å². The highest BCUT2D eigenvalue weighted by Crippen LogP contribution is 2.35. The van der Waals surface area contributed by atoms with Gasteiger partial charge in [0, 0.05) is 26.0 Å². The molecule has 0 aromatic heterocycles. The fourth-order valence-corrected chi connectivity index (χ4v) is 3.91. The maximum atomic E-state index is 11.4. The van der Waals surface area contributed by atoms with Gasteiger partial charge in [-0.1, -0.05) is 58.5 Å². The average molecular weight is 428 g/mol. The Morgan fingerprint density at radius 3 is 2.17 bits per heavy atom. The number of rotatable bonds is 6. The van der Waals surface area contributed by atoms with Crippen LogP contribution >= 0.6 is 46.4 Å². The molecule has 0 bridgehead atoms. The van der Waals surface area contributed by atoms with E-state index in [2.05, 4.69) is 0 Å². The van der Waals surface area contributed by atoms with Gasteiger partial charge in [0.15, 0.2) is 0 Å². The zero-order valence-corrected chi connectivity index (χ0v) is 16.4. The van der Waals surface area contributed by atoms with Gasteiger partial charge in [0.25, 0.3) is 10.1 Å². The molecule has 0 saturated carbocycles. The van der Waals surface area contributed by atoms with Gasteiger partial charge in [-0.25, -0.2) is 0 Å². The van der Waals surface area contributed by atoms with Crippen molar-refractivity contribution in [2.75, 3.05) is 12.9 Å². The standard InChI is InChI=1S/C16H14Cl4O3S/c1-24(21,22)23-9-11(16-13(18)3-2-4-14(16)19)7-10-5-6-12(17)8-15(10)20/h2-6,8,11H,7,9H2,1H3. The molecular formula is C16H14Cl4O3S. The highest BCUT2D eigenvalue weighted by molar-refractivity contribution is 7.85. The van der Waals surface area contributed by atoms with Crippen molar-refractivity contribution in [2.45, 2.75) is 12.3 Å². The molecule has 3 nitrogen and oxygen atoms in total. The summed E-state index contributed by atoms with van der Waals surface area (Å²) in [5.74, 6) is -0.389. The van der Waals surface area contributed by atoms with Crippen molar-refractivity contribution in [3.05, 3.63) is 67.6 Å². The van der Waals surface area contributed by atoms with Crippen LogP contribution in [0.5, 0.6) is 0 Å². The van der Waals surface area contributed by atoms with Crippen LogP contribution in [-0.2, 0) is 20.7 Å². The maximum Gasteiger partial charge on any atom is 0.264 e. The predicted molar refractivity (Wildman–Crippen MR) is 100 cm³/mol. The van der Waals surface area contributed by atoms with Gasteiger partial charge >= 0.3 is 0 Å². The molecule has 2 rings (SSSR count). The number of halogens is 4. The summed E-state index contributed by atoms with van der Waals surface area (Å²) in [6.45, 7) is -0.0960. The summed E-state index contributed by atoms with van der Waals surface area (Å²) in [4.78, 5) is 0. The maximum absolute atomic E-state index is 11.4. The topological polar surface area (TPSA) is 43.4 Å². The molecule has 0 heterocycles. The van der Waals surface area contributed by atoms with Crippen LogP contribution in [0.25, 0.3) is 0 Å². The van der Waals surface area contributed by atoms with Gasteiger partial charge in [0.2, 0.25) is 0 Å². The molecule has 2 aromatic carbocycles. The van der Waals surface area contributed by atoms with Crippen LogP contribution in [0.2, 0.25) is 20.1 Å². The van der Waals surface area contributed by atoms with Crippen LogP contribution in [0.4, 0.5) is 0 Å². The van der Waals surface area contributed by atoms with Gasteiger partial charge in [0.1, 0.15) is 0 Å². The van der Waals surface area contributed by atoms with Gasteiger partial charge in [-0.15, -0.1) is 0 Å². The SMILES string of the molecule is CS(=O)(=O)OCC(Cc1ccc(Cl)cc1Cl)c1c(Cl)cccc1Cl. The normalized spacial score (nSPS) is 13.0. The van der Waals surface area contributed by atoms with Crippen LogP contribution < -0.4 is 0 Å². The number of hydrogen-bond acceptors (Lipinski definition) is 3. The van der Waals surface area contributed by atoms with Crippen molar-refractivity contribution in [3.63, 3.8) is 0 Å². The molecule has 8 heteroatoms. The van der Waals surface area contributed by atoms with E-state index in [9.17, 15) is 8.42 Å². The summed E-state index contributed by atoms with van der Waals surface area (Å²) in [5, 5.41) is 1.88. The quantitative estimate of drug-likeness (QED) is 0.563. The molecule has 0 spiro atoms. The first-order chi connectivity index (χ1) is 11.2. The fourth-order valence-electron chi connectivity index (χ4n) is 2.30. The summed E-state index contributed by atoms with van der Waals surface area (Å²) in [5.41, 5.74) is 1.41. The first-order valence-electron chi connectivity index (χ1n) is 6.89. The van der Waals surface area contributed by atoms with E-state index in [-0.39, 0.29) is 12.5 Å². The number of hydrogen-bond donors (Lipinski definition) is 0. The second-order valence-electron chi connectivity index (χ2n) is 5.26. The van der Waals surface area contributed by atoms with Gasteiger partial charge in [0.05, 0.1) is 12.9 Å². The monoisotopic (exact) mass is 426 g/mol. The Labute approximate surface area is 161 Å². The molecule has 1 atom stereocenters. The molecule has 0 aliphatic heterocycles. The van der Waals surface area contributed by atoms with Gasteiger partial charge in [-0.2, -0.15) is 8.42 Å². The third-order valence-corrected chi connectivity index (χ3v) is 5.18. The molecule has 0 radical (unpaired) electrons. The van der Waals surface area contributed by atoms with E-state index in [0.717, 1.165) is 11.8 Å². The molecule has 0 aliphatic carbocycles. The number of benzene rings is 2. The van der Waals surface area contributed by atoms with E-state index in [1.807, 2.05) is 0 Å². The molecule has 0 N–H and O–H groups in total. The first kappa shape index (κ1) is 19.8. The van der Waals surface area contributed by atoms with Gasteiger partial charge in [-0.05, 0) is 41.8 Å². The minimum Gasteiger partial charge on any atom is -0.270 e.